The highest BCUT2D eigenvalue weighted by Gasteiger charge is 2.22. The second-order valence-electron chi connectivity index (χ2n) is 6.93. The molecule has 1 amide bonds. The zero-order valence-electron chi connectivity index (χ0n) is 16.1. The molecule has 0 bridgehead atoms. The number of hydrogen-bond donors (Lipinski definition) is 1. The molecule has 2 atom stereocenters. The first kappa shape index (κ1) is 19.8. The van der Waals surface area contributed by atoms with Gasteiger partial charge in [-0.25, -0.2) is 4.98 Å². The summed E-state index contributed by atoms with van der Waals surface area (Å²) in [5.74, 6) is 0.488. The van der Waals surface area contributed by atoms with Crippen LogP contribution in [0.5, 0.6) is 5.75 Å². The fourth-order valence-electron chi connectivity index (χ4n) is 3.21. The minimum Gasteiger partial charge on any atom is -0.484 e. The van der Waals surface area contributed by atoms with Crippen molar-refractivity contribution in [2.75, 3.05) is 25.0 Å². The Kier molecular flexibility index (Phi) is 6.82. The number of morpholine rings is 1. The molecule has 0 saturated carbocycles. The zero-order chi connectivity index (χ0) is 19.2. The van der Waals surface area contributed by atoms with E-state index in [0.29, 0.717) is 10.9 Å². The summed E-state index contributed by atoms with van der Waals surface area (Å²) in [6, 6.07) is 7.79. The Morgan fingerprint density at radius 2 is 2.00 bits per heavy atom. The van der Waals surface area contributed by atoms with Crippen LogP contribution in [0.3, 0.4) is 0 Å². The quantitative estimate of drug-likeness (QED) is 0.787. The number of benzene rings is 1. The van der Waals surface area contributed by atoms with Crippen LogP contribution in [-0.4, -0.2) is 47.7 Å². The van der Waals surface area contributed by atoms with E-state index in [1.54, 1.807) is 0 Å². The number of thiazole rings is 1. The molecule has 1 N–H and O–H groups in total. The molecule has 1 aliphatic rings. The van der Waals surface area contributed by atoms with Crippen molar-refractivity contribution in [3.05, 3.63) is 40.9 Å². The van der Waals surface area contributed by atoms with E-state index in [-0.39, 0.29) is 24.7 Å². The number of nitrogens with one attached hydrogen (secondary N) is 1. The van der Waals surface area contributed by atoms with Crippen molar-refractivity contribution in [1.82, 2.24) is 9.88 Å². The van der Waals surface area contributed by atoms with E-state index in [2.05, 4.69) is 36.0 Å². The second kappa shape index (κ2) is 9.30. The molecule has 146 valence electrons. The lowest BCUT2D eigenvalue weighted by Crippen LogP contribution is -2.44. The first-order chi connectivity index (χ1) is 13.0. The number of amides is 1. The summed E-state index contributed by atoms with van der Waals surface area (Å²) in [5, 5.41) is 5.41. The molecule has 1 saturated heterocycles. The molecule has 1 aliphatic heterocycles. The zero-order valence-corrected chi connectivity index (χ0v) is 16.9. The standard InChI is InChI=1S/C20H27N3O3S/c1-4-16-5-7-18(8-6-16)25-12-19(24)22-20-21-17(13-27-20)11-23-9-14(2)26-15(3)10-23/h5-8,13-15H,4,9-12H2,1-3H3,(H,21,22,24). The Bertz CT molecular complexity index is 737. The van der Waals surface area contributed by atoms with Gasteiger partial charge in [0.15, 0.2) is 11.7 Å². The van der Waals surface area contributed by atoms with Gasteiger partial charge >= 0.3 is 0 Å². The summed E-state index contributed by atoms with van der Waals surface area (Å²) in [4.78, 5) is 19.0. The van der Waals surface area contributed by atoms with Crippen LogP contribution in [0, 0.1) is 0 Å². The van der Waals surface area contributed by atoms with Crippen LogP contribution in [0.15, 0.2) is 29.6 Å². The maximum absolute atomic E-state index is 12.1. The van der Waals surface area contributed by atoms with Crippen LogP contribution in [0.2, 0.25) is 0 Å². The van der Waals surface area contributed by atoms with Crippen molar-refractivity contribution < 1.29 is 14.3 Å². The SMILES string of the molecule is CCc1ccc(OCC(=O)Nc2nc(CN3CC(C)OC(C)C3)cs2)cc1. The Hall–Kier alpha value is -1.96. The van der Waals surface area contributed by atoms with E-state index in [0.717, 1.165) is 31.7 Å². The van der Waals surface area contributed by atoms with Gasteiger partial charge in [-0.05, 0) is 38.0 Å². The highest BCUT2D eigenvalue weighted by atomic mass is 32.1. The number of aryl methyl sites for hydroxylation is 1. The molecule has 1 aromatic carbocycles. The van der Waals surface area contributed by atoms with E-state index >= 15 is 0 Å². The fraction of sp³-hybridized carbons (Fsp3) is 0.500. The van der Waals surface area contributed by atoms with Gasteiger partial charge in [-0.15, -0.1) is 11.3 Å². The van der Waals surface area contributed by atoms with Crippen LogP contribution in [0.4, 0.5) is 5.13 Å². The van der Waals surface area contributed by atoms with Crippen LogP contribution >= 0.6 is 11.3 Å². The molecule has 0 radical (unpaired) electrons. The number of hydrogen-bond acceptors (Lipinski definition) is 6. The van der Waals surface area contributed by atoms with Crippen molar-refractivity contribution in [2.24, 2.45) is 0 Å². The predicted molar refractivity (Wildman–Crippen MR) is 107 cm³/mol. The molecule has 2 heterocycles. The first-order valence-electron chi connectivity index (χ1n) is 9.35. The maximum Gasteiger partial charge on any atom is 0.264 e. The Morgan fingerprint density at radius 1 is 1.30 bits per heavy atom. The average molecular weight is 390 g/mol. The first-order valence-corrected chi connectivity index (χ1v) is 10.2. The molecule has 1 aromatic heterocycles. The molecule has 7 heteroatoms. The van der Waals surface area contributed by atoms with Gasteiger partial charge in [0.25, 0.3) is 5.91 Å². The predicted octanol–water partition coefficient (Wildman–Crippen LogP) is 3.33. The molecule has 27 heavy (non-hydrogen) atoms. The van der Waals surface area contributed by atoms with Gasteiger partial charge in [0, 0.05) is 25.0 Å². The number of aromatic nitrogens is 1. The minimum absolute atomic E-state index is 0.0289. The number of anilines is 1. The fourth-order valence-corrected chi connectivity index (χ4v) is 3.92. The summed E-state index contributed by atoms with van der Waals surface area (Å²) in [6.45, 7) is 8.81. The summed E-state index contributed by atoms with van der Waals surface area (Å²) in [5.41, 5.74) is 2.21. The molecule has 6 nitrogen and oxygen atoms in total. The van der Waals surface area contributed by atoms with Crippen molar-refractivity contribution in [2.45, 2.75) is 45.9 Å². The third-order valence-electron chi connectivity index (χ3n) is 4.38. The molecule has 0 spiro atoms. The summed E-state index contributed by atoms with van der Waals surface area (Å²) >= 11 is 1.44. The highest BCUT2D eigenvalue weighted by Crippen LogP contribution is 2.19. The molecule has 2 unspecified atom stereocenters. The van der Waals surface area contributed by atoms with Gasteiger partial charge < -0.3 is 9.47 Å². The highest BCUT2D eigenvalue weighted by molar-refractivity contribution is 7.13. The number of nitrogens with zero attached hydrogens (tertiary/aromatic N) is 2. The lowest BCUT2D eigenvalue weighted by atomic mass is 10.2. The molecular weight excluding hydrogens is 362 g/mol. The average Bonchev–Trinajstić information content (AvgIpc) is 3.06. The molecule has 3 rings (SSSR count). The Morgan fingerprint density at radius 3 is 2.67 bits per heavy atom. The van der Waals surface area contributed by atoms with Gasteiger partial charge in [-0.2, -0.15) is 0 Å². The second-order valence-corrected chi connectivity index (χ2v) is 7.79. The van der Waals surface area contributed by atoms with Gasteiger partial charge in [-0.1, -0.05) is 19.1 Å². The number of carbonyl (C=O) groups is 1. The van der Waals surface area contributed by atoms with E-state index in [4.69, 9.17) is 9.47 Å². The van der Waals surface area contributed by atoms with Crippen LogP contribution in [0.25, 0.3) is 0 Å². The van der Waals surface area contributed by atoms with E-state index in [1.807, 2.05) is 29.6 Å². The summed E-state index contributed by atoms with van der Waals surface area (Å²) in [6.07, 6.45) is 1.44. The maximum atomic E-state index is 12.1. The van der Waals surface area contributed by atoms with Crippen molar-refractivity contribution in [3.63, 3.8) is 0 Å². The molecule has 2 aromatic rings. The number of rotatable bonds is 7. The number of carbonyl (C=O) groups excluding carboxylic acids is 1. The van der Waals surface area contributed by atoms with Crippen molar-refractivity contribution in [1.29, 1.82) is 0 Å². The topological polar surface area (TPSA) is 63.7 Å². The Balaban J connectivity index is 1.46. The van der Waals surface area contributed by atoms with Crippen molar-refractivity contribution in [3.8, 4) is 5.75 Å². The van der Waals surface area contributed by atoms with E-state index in [1.165, 1.54) is 16.9 Å². The van der Waals surface area contributed by atoms with E-state index in [9.17, 15) is 4.79 Å². The minimum atomic E-state index is -0.205. The summed E-state index contributed by atoms with van der Waals surface area (Å²) in [7, 11) is 0. The van der Waals surface area contributed by atoms with Crippen molar-refractivity contribution >= 4 is 22.4 Å². The van der Waals surface area contributed by atoms with Gasteiger partial charge in [0.2, 0.25) is 0 Å². The largest absolute Gasteiger partial charge is 0.484 e. The third kappa shape index (κ3) is 6.02. The lowest BCUT2D eigenvalue weighted by molar-refractivity contribution is -0.118. The van der Waals surface area contributed by atoms with Gasteiger partial charge in [-0.3, -0.25) is 15.0 Å². The summed E-state index contributed by atoms with van der Waals surface area (Å²) < 4.78 is 11.3. The monoisotopic (exact) mass is 389 g/mol. The Labute approximate surface area is 164 Å². The lowest BCUT2D eigenvalue weighted by Gasteiger charge is -2.34. The molecule has 1 fully saturated rings. The normalized spacial score (nSPS) is 20.4. The molecular formula is C20H27N3O3S. The van der Waals surface area contributed by atoms with Gasteiger partial charge in [0.05, 0.1) is 17.9 Å². The van der Waals surface area contributed by atoms with Crippen LogP contribution in [0.1, 0.15) is 32.0 Å². The van der Waals surface area contributed by atoms with Gasteiger partial charge in [0.1, 0.15) is 5.75 Å². The van der Waals surface area contributed by atoms with Crippen LogP contribution in [-0.2, 0) is 22.5 Å². The van der Waals surface area contributed by atoms with E-state index < -0.39 is 0 Å². The number of ether oxygens (including phenoxy) is 2. The smallest absolute Gasteiger partial charge is 0.264 e. The third-order valence-corrected chi connectivity index (χ3v) is 5.19. The van der Waals surface area contributed by atoms with Crippen LogP contribution < -0.4 is 10.1 Å². The molecule has 0 aliphatic carbocycles.